The second-order valence-electron chi connectivity index (χ2n) is 25.6. The van der Waals surface area contributed by atoms with Crippen LogP contribution in [0.4, 0.5) is 0 Å². The molecule has 0 bridgehead atoms. The van der Waals surface area contributed by atoms with Crippen molar-refractivity contribution in [2.75, 3.05) is 13.2 Å². The van der Waals surface area contributed by atoms with Gasteiger partial charge in [0.25, 0.3) is 0 Å². The minimum absolute atomic E-state index is 0.238. The first-order valence-electron chi connectivity index (χ1n) is 24.3. The summed E-state index contributed by atoms with van der Waals surface area (Å²) >= 11 is 0. The van der Waals surface area contributed by atoms with Gasteiger partial charge < -0.3 is 47.4 Å². The molecule has 2 heterocycles. The molecule has 408 valence electrons. The molecule has 0 saturated carbocycles. The Hall–Kier alpha value is -4.46. The Morgan fingerprint density at radius 1 is 0.403 bits per heavy atom. The van der Waals surface area contributed by atoms with Gasteiger partial charge in [-0.2, -0.15) is 0 Å². The summed E-state index contributed by atoms with van der Waals surface area (Å²) in [5.74, 6) is -5.53. The van der Waals surface area contributed by atoms with E-state index in [1.807, 2.05) is 0 Å². The summed E-state index contributed by atoms with van der Waals surface area (Å²) in [7, 11) is -2.20. The van der Waals surface area contributed by atoms with Gasteiger partial charge in [-0.3, -0.25) is 37.8 Å². The van der Waals surface area contributed by atoms with E-state index in [1.165, 1.54) is 0 Å². The largest absolute Gasteiger partial charge is 0.462 e. The molecule has 1 aromatic carbocycles. The number of benzene rings is 1. The lowest BCUT2D eigenvalue weighted by Gasteiger charge is -2.49. The van der Waals surface area contributed by atoms with Crippen LogP contribution >= 0.6 is 0 Å². The highest BCUT2D eigenvalue weighted by Crippen LogP contribution is 2.40. The fraction of sp³-hybridized carbons (Fsp3) is 0.755. The predicted molar refractivity (Wildman–Crippen MR) is 263 cm³/mol. The zero-order chi connectivity index (χ0) is 55.5. The summed E-state index contributed by atoms with van der Waals surface area (Å²) in [6.45, 7) is 32.1. The molecule has 2 aliphatic rings. The minimum atomic E-state index is -2.20. The average molecular weight is 1040 g/mol. The van der Waals surface area contributed by atoms with Crippen LogP contribution in [0.2, 0.25) is 0 Å². The molecule has 1 unspecified atom stereocenters. The first kappa shape index (κ1) is 61.8. The van der Waals surface area contributed by atoms with Crippen molar-refractivity contribution in [3.63, 3.8) is 0 Å². The van der Waals surface area contributed by atoms with Gasteiger partial charge in [-0.15, -0.1) is 0 Å². The molecular formula is C53H82O18S. The highest BCUT2D eigenvalue weighted by Gasteiger charge is 2.60. The molecule has 2 saturated heterocycles. The lowest BCUT2D eigenvalue weighted by Crippen LogP contribution is -2.68. The molecule has 2 aliphatic heterocycles. The third-order valence-electron chi connectivity index (χ3n) is 10.9. The van der Waals surface area contributed by atoms with E-state index in [4.69, 9.17) is 47.4 Å². The first-order chi connectivity index (χ1) is 32.5. The summed E-state index contributed by atoms with van der Waals surface area (Å²) in [6.07, 6.45) is -15.6. The second kappa shape index (κ2) is 23.0. The van der Waals surface area contributed by atoms with E-state index < -0.39 is 164 Å². The third-order valence-corrected chi connectivity index (χ3v) is 12.5. The summed E-state index contributed by atoms with van der Waals surface area (Å²) in [5.41, 5.74) is -9.73. The van der Waals surface area contributed by atoms with Crippen LogP contribution in [0, 0.1) is 37.9 Å². The molecular weight excluding hydrogens is 957 g/mol. The van der Waals surface area contributed by atoms with E-state index in [9.17, 15) is 37.8 Å². The lowest BCUT2D eigenvalue weighted by atomic mass is 9.92. The van der Waals surface area contributed by atoms with Gasteiger partial charge in [0.2, 0.25) is 0 Å². The number of hydrogen-bond acceptors (Lipinski definition) is 18. The SMILES string of the molecule is CC(C)(C)C(=O)OC[C@H]1O[C@@H](S(=O)c2ccccc2)[C@H](OC(=O)C(C)(C)C)[C@@H](OC(=O)C(C)(C)C)[C@@H]1O[C@H]1O[C@H](COC(=O)C(C)(C)C)[C@@H](OC(=O)C(C)(C)C)[C@H](OC(=O)C(C)(C)C)[C@H]1OC(=O)C(C)(C)C. The van der Waals surface area contributed by atoms with Crippen molar-refractivity contribution in [1.29, 1.82) is 0 Å². The van der Waals surface area contributed by atoms with Crippen molar-refractivity contribution >= 4 is 52.6 Å². The van der Waals surface area contributed by atoms with Crippen LogP contribution in [0.1, 0.15) is 145 Å². The summed E-state index contributed by atoms with van der Waals surface area (Å²) in [6, 6.07) is 8.11. The van der Waals surface area contributed by atoms with E-state index in [0.717, 1.165) is 0 Å². The van der Waals surface area contributed by atoms with Crippen molar-refractivity contribution in [2.24, 2.45) is 37.9 Å². The Bertz CT molecular complexity index is 2120. The molecule has 1 aromatic rings. The molecule has 0 aliphatic carbocycles. The van der Waals surface area contributed by atoms with Gasteiger partial charge in [-0.1, -0.05) is 18.2 Å². The number of hydrogen-bond donors (Lipinski definition) is 0. The normalized spacial score (nSPS) is 26.0. The van der Waals surface area contributed by atoms with Crippen molar-refractivity contribution in [3.05, 3.63) is 30.3 Å². The Balaban J connectivity index is 2.53. The number of rotatable bonds is 13. The Kier molecular flexibility index (Phi) is 19.7. The maximum absolute atomic E-state index is 14.8. The van der Waals surface area contributed by atoms with Crippen LogP contribution in [0.25, 0.3) is 0 Å². The number of ether oxygens (including phenoxy) is 10. The van der Waals surface area contributed by atoms with E-state index >= 15 is 0 Å². The van der Waals surface area contributed by atoms with Crippen LogP contribution in [-0.2, 0) is 91.7 Å². The molecule has 72 heavy (non-hydrogen) atoms. The molecule has 19 heteroatoms. The average Bonchev–Trinajstić information content (AvgIpc) is 3.22. The smallest absolute Gasteiger partial charge is 0.311 e. The van der Waals surface area contributed by atoms with Crippen molar-refractivity contribution in [2.45, 2.75) is 211 Å². The highest BCUT2D eigenvalue weighted by molar-refractivity contribution is 7.85. The van der Waals surface area contributed by atoms with Gasteiger partial charge >= 0.3 is 41.8 Å². The number of carbonyl (C=O) groups excluding carboxylic acids is 7. The van der Waals surface area contributed by atoms with Gasteiger partial charge in [0, 0.05) is 4.90 Å². The summed E-state index contributed by atoms with van der Waals surface area (Å²) in [4.78, 5) is 97.7. The molecule has 18 nitrogen and oxygen atoms in total. The standard InChI is InChI=1S/C53H82O18S/c1-47(2,3)40(54)62-27-30-33(67-42(56)49(7,8)9)34(68-43(57)50(10,11)12)36(70-45(59)52(16,17)18)38(64-30)66-32-31(28-63-41(55)48(4,5)6)65-39(72(61)29-25-23-22-24-26-29)37(71-46(60)53(19,20)21)35(32)69-44(58)51(13,14)15/h22-26,30-39H,27-28H2,1-21H3/t30-,31-,32-,33-,34+,35+,36-,37-,38-,39+,72?/m1/s1. The summed E-state index contributed by atoms with van der Waals surface area (Å²) < 4.78 is 77.8. The zero-order valence-electron chi connectivity index (χ0n) is 46.3. The van der Waals surface area contributed by atoms with Crippen LogP contribution in [0.5, 0.6) is 0 Å². The third kappa shape index (κ3) is 16.8. The van der Waals surface area contributed by atoms with Crippen molar-refractivity contribution < 1.29 is 85.1 Å². The zero-order valence-corrected chi connectivity index (χ0v) is 47.1. The Labute approximate surface area is 428 Å². The maximum Gasteiger partial charge on any atom is 0.311 e. The highest BCUT2D eigenvalue weighted by atomic mass is 32.2. The van der Waals surface area contributed by atoms with Crippen molar-refractivity contribution in [3.8, 4) is 0 Å². The van der Waals surface area contributed by atoms with Gasteiger partial charge in [0.1, 0.15) is 31.5 Å². The van der Waals surface area contributed by atoms with Crippen LogP contribution in [0.3, 0.4) is 0 Å². The quantitative estimate of drug-likeness (QED) is 0.137. The van der Waals surface area contributed by atoms with Gasteiger partial charge in [-0.05, 0) is 158 Å². The van der Waals surface area contributed by atoms with E-state index in [0.29, 0.717) is 0 Å². The van der Waals surface area contributed by atoms with Gasteiger partial charge in [0.05, 0.1) is 48.7 Å². The number of esters is 7. The van der Waals surface area contributed by atoms with Gasteiger partial charge in [-0.25, -0.2) is 0 Å². The molecule has 0 N–H and O–H groups in total. The topological polar surface area (TPSA) is 229 Å². The van der Waals surface area contributed by atoms with E-state index in [-0.39, 0.29) is 4.90 Å². The van der Waals surface area contributed by atoms with Gasteiger partial charge in [0.15, 0.2) is 42.2 Å². The Morgan fingerprint density at radius 2 is 0.708 bits per heavy atom. The molecule has 0 aromatic heterocycles. The minimum Gasteiger partial charge on any atom is -0.462 e. The van der Waals surface area contributed by atoms with Crippen LogP contribution < -0.4 is 0 Å². The number of carbonyl (C=O) groups is 7. The fourth-order valence-electron chi connectivity index (χ4n) is 6.23. The molecule has 2 fully saturated rings. The van der Waals surface area contributed by atoms with E-state index in [2.05, 4.69) is 0 Å². The van der Waals surface area contributed by atoms with Crippen LogP contribution in [-0.4, -0.2) is 120 Å². The van der Waals surface area contributed by atoms with E-state index in [1.54, 1.807) is 176 Å². The first-order valence-corrected chi connectivity index (χ1v) is 25.5. The fourth-order valence-corrected chi connectivity index (χ4v) is 7.62. The molecule has 0 radical (unpaired) electrons. The maximum atomic E-state index is 14.8. The molecule has 3 rings (SSSR count). The summed E-state index contributed by atoms with van der Waals surface area (Å²) in [5, 5.41) is 0. The monoisotopic (exact) mass is 1040 g/mol. The molecule has 0 spiro atoms. The van der Waals surface area contributed by atoms with Crippen LogP contribution in [0.15, 0.2) is 35.2 Å². The molecule has 0 amide bonds. The lowest BCUT2D eigenvalue weighted by molar-refractivity contribution is -0.344. The second-order valence-corrected chi connectivity index (χ2v) is 27.1. The Morgan fingerprint density at radius 3 is 1.07 bits per heavy atom. The predicted octanol–water partition coefficient (Wildman–Crippen LogP) is 7.60. The van der Waals surface area contributed by atoms with Crippen molar-refractivity contribution in [1.82, 2.24) is 0 Å². The molecule has 11 atom stereocenters.